The normalized spacial score (nSPS) is 17.0. The second-order valence-electron chi connectivity index (χ2n) is 16.6. The van der Waals surface area contributed by atoms with Crippen molar-refractivity contribution in [1.82, 2.24) is 0 Å². The maximum Gasteiger partial charge on any atom is 0.261 e. The number of methoxy groups -OCH3 is 2. The van der Waals surface area contributed by atoms with Crippen molar-refractivity contribution in [2.75, 3.05) is 47.5 Å². The van der Waals surface area contributed by atoms with Crippen molar-refractivity contribution >= 4 is 64.1 Å². The molecule has 1 unspecified atom stereocenters. The molecule has 2 atom stereocenters. The number of rotatable bonds is 13. The quantitative estimate of drug-likeness (QED) is 0.119. The predicted octanol–water partition coefficient (Wildman–Crippen LogP) is 9.01. The molecule has 0 saturated carbocycles. The molecule has 0 fully saturated rings. The van der Waals surface area contributed by atoms with Gasteiger partial charge < -0.3 is 34.5 Å². The highest BCUT2D eigenvalue weighted by atomic mass is 32.2. The Balaban J connectivity index is 0.969. The molecule has 12 nitrogen and oxygen atoms in total. The van der Waals surface area contributed by atoms with Gasteiger partial charge in [-0.1, -0.05) is 50.2 Å². The molecule has 0 aliphatic carbocycles. The van der Waals surface area contributed by atoms with E-state index in [4.69, 9.17) is 23.9 Å². The molecule has 318 valence electrons. The van der Waals surface area contributed by atoms with Gasteiger partial charge in [-0.3, -0.25) is 24.3 Å². The number of ether oxygens (including phenoxy) is 4. The fourth-order valence-electron chi connectivity index (χ4n) is 8.66. The third-order valence-corrected chi connectivity index (χ3v) is 13.4. The van der Waals surface area contributed by atoms with E-state index < -0.39 is 0 Å². The molecule has 4 aliphatic rings. The zero-order chi connectivity index (χ0) is 43.1. The smallest absolute Gasteiger partial charge is 0.261 e. The summed E-state index contributed by atoms with van der Waals surface area (Å²) < 4.78 is 24.4. The molecule has 4 heterocycles. The standard InChI is InChI=1S/C49H49N5O7S/c1-49(2,62-5)15-14-46(55)52-33-17-29(27-60-44-23-38-36(21-42(44)58-3)47(56)53-34(25-50-38)19-31-10-6-8-12-40(31)53)16-30(18-33)28-61-45-24-39-37(22-43(45)59-4)48(57)54-35(26-51-39)20-32-11-7-9-13-41(32)54/h6-13,16-18,21-25,34-35,51H,14-15,19-20,26-28H2,1-5H3,(H,52,55)/t34?,35-/m0/s1. The Morgan fingerprint density at radius 2 is 1.40 bits per heavy atom. The highest BCUT2D eigenvalue weighted by Gasteiger charge is 2.39. The van der Waals surface area contributed by atoms with Crippen LogP contribution in [0.25, 0.3) is 0 Å². The number of hydrogen-bond donors (Lipinski definition) is 2. The molecule has 0 radical (unpaired) electrons. The molecule has 0 bridgehead atoms. The summed E-state index contributed by atoms with van der Waals surface area (Å²) in [6.45, 7) is 5.08. The number of carbonyl (C=O) groups is 3. The second kappa shape index (κ2) is 16.8. The van der Waals surface area contributed by atoms with E-state index in [1.165, 1.54) is 0 Å². The van der Waals surface area contributed by atoms with E-state index in [0.29, 0.717) is 77.0 Å². The third-order valence-electron chi connectivity index (χ3n) is 12.1. The summed E-state index contributed by atoms with van der Waals surface area (Å²) in [7, 11) is 3.10. The van der Waals surface area contributed by atoms with Crippen molar-refractivity contribution < 1.29 is 33.3 Å². The van der Waals surface area contributed by atoms with Gasteiger partial charge in [-0.05, 0) is 83.8 Å². The summed E-state index contributed by atoms with van der Waals surface area (Å²) in [4.78, 5) is 49.7. The molecule has 62 heavy (non-hydrogen) atoms. The van der Waals surface area contributed by atoms with E-state index in [2.05, 4.69) is 30.5 Å². The van der Waals surface area contributed by atoms with E-state index in [-0.39, 0.29) is 47.8 Å². The van der Waals surface area contributed by atoms with Gasteiger partial charge >= 0.3 is 0 Å². The molecule has 4 aliphatic heterocycles. The van der Waals surface area contributed by atoms with Gasteiger partial charge in [0.2, 0.25) is 5.91 Å². The number of fused-ring (bicyclic) bond motifs is 8. The molecule has 13 heteroatoms. The third kappa shape index (κ3) is 7.92. The Morgan fingerprint density at radius 1 is 0.790 bits per heavy atom. The summed E-state index contributed by atoms with van der Waals surface area (Å²) in [5.74, 6) is 1.38. The summed E-state index contributed by atoms with van der Waals surface area (Å²) in [5, 5.41) is 6.59. The van der Waals surface area contributed by atoms with Gasteiger partial charge in [0.1, 0.15) is 13.2 Å². The summed E-state index contributed by atoms with van der Waals surface area (Å²) in [6, 6.07) is 28.5. The number of amides is 3. The fourth-order valence-corrected chi connectivity index (χ4v) is 8.97. The van der Waals surface area contributed by atoms with Gasteiger partial charge in [-0.2, -0.15) is 11.8 Å². The van der Waals surface area contributed by atoms with Gasteiger partial charge in [0.25, 0.3) is 11.8 Å². The van der Waals surface area contributed by atoms with Crippen LogP contribution in [0.4, 0.5) is 28.4 Å². The second-order valence-corrected chi connectivity index (χ2v) is 18.1. The van der Waals surface area contributed by atoms with E-state index in [1.807, 2.05) is 84.1 Å². The number of anilines is 4. The molecule has 5 aromatic rings. The average molecular weight is 852 g/mol. The molecule has 3 amide bonds. The lowest BCUT2D eigenvalue weighted by molar-refractivity contribution is -0.116. The number of nitrogens with zero attached hydrogens (tertiary/aromatic N) is 3. The summed E-state index contributed by atoms with van der Waals surface area (Å²) in [5.41, 5.74) is 8.34. The van der Waals surface area contributed by atoms with Crippen LogP contribution in [0.15, 0.2) is 96.0 Å². The predicted molar refractivity (Wildman–Crippen MR) is 245 cm³/mol. The van der Waals surface area contributed by atoms with Crippen molar-refractivity contribution in [3.05, 3.63) is 124 Å². The van der Waals surface area contributed by atoms with Gasteiger partial charge in [0, 0.05) is 59.5 Å². The van der Waals surface area contributed by atoms with Gasteiger partial charge in [0.05, 0.1) is 48.8 Å². The Bertz CT molecular complexity index is 2630. The molecule has 0 aromatic heterocycles. The van der Waals surface area contributed by atoms with E-state index in [9.17, 15) is 14.4 Å². The zero-order valence-electron chi connectivity index (χ0n) is 35.4. The first kappa shape index (κ1) is 40.9. The number of nitrogens with one attached hydrogen (secondary N) is 2. The van der Waals surface area contributed by atoms with Crippen molar-refractivity contribution in [3.8, 4) is 23.0 Å². The minimum absolute atomic E-state index is 0.00934. The molecular weight excluding hydrogens is 803 g/mol. The Hall–Kier alpha value is -6.47. The van der Waals surface area contributed by atoms with Crippen LogP contribution in [0.2, 0.25) is 0 Å². The van der Waals surface area contributed by atoms with Crippen LogP contribution in [0, 0.1) is 0 Å². The monoisotopic (exact) mass is 851 g/mol. The summed E-state index contributed by atoms with van der Waals surface area (Å²) >= 11 is 1.73. The maximum atomic E-state index is 14.0. The number of aliphatic imine (C=N–C) groups is 1. The Labute approximate surface area is 365 Å². The van der Waals surface area contributed by atoms with Crippen molar-refractivity contribution in [2.24, 2.45) is 4.99 Å². The van der Waals surface area contributed by atoms with E-state index in [1.54, 1.807) is 49.1 Å². The van der Waals surface area contributed by atoms with Gasteiger partial charge in [-0.15, -0.1) is 0 Å². The van der Waals surface area contributed by atoms with E-state index in [0.717, 1.165) is 40.0 Å². The van der Waals surface area contributed by atoms with Crippen LogP contribution >= 0.6 is 11.8 Å². The first-order valence-electron chi connectivity index (χ1n) is 20.8. The average Bonchev–Trinajstić information content (AvgIpc) is 3.77. The highest BCUT2D eigenvalue weighted by molar-refractivity contribution is 7.99. The molecule has 0 spiro atoms. The van der Waals surface area contributed by atoms with Crippen LogP contribution in [0.1, 0.15) is 69.7 Å². The van der Waals surface area contributed by atoms with E-state index >= 15 is 0 Å². The minimum atomic E-state index is -0.187. The number of benzene rings is 5. The van der Waals surface area contributed by atoms with Crippen molar-refractivity contribution in [1.29, 1.82) is 0 Å². The highest BCUT2D eigenvalue weighted by Crippen LogP contribution is 2.43. The topological polar surface area (TPSA) is 131 Å². The SMILES string of the molecule is COc1cc2c(cc1OCc1cc(COc3cc4c(cc3OC)C(=O)N3c5ccccc5C[C@H]3CN4)cc(NC(=O)CCC(C)(C)SC)c1)N=CC1Cc3ccccc3N1C2=O. The van der Waals surface area contributed by atoms with Crippen molar-refractivity contribution in [2.45, 2.75) is 69.6 Å². The molecular formula is C49H49N5O7S. The van der Waals surface area contributed by atoms with Gasteiger partial charge in [0.15, 0.2) is 23.0 Å². The van der Waals surface area contributed by atoms with Crippen LogP contribution in [-0.4, -0.2) is 67.8 Å². The minimum Gasteiger partial charge on any atom is -0.493 e. The lowest BCUT2D eigenvalue weighted by Crippen LogP contribution is -2.39. The van der Waals surface area contributed by atoms with Crippen LogP contribution in [0.5, 0.6) is 23.0 Å². The largest absolute Gasteiger partial charge is 0.493 e. The van der Waals surface area contributed by atoms with Crippen LogP contribution in [0.3, 0.4) is 0 Å². The molecule has 9 rings (SSSR count). The number of carbonyl (C=O) groups excluding carboxylic acids is 3. The van der Waals surface area contributed by atoms with Gasteiger partial charge in [-0.25, -0.2) is 0 Å². The zero-order valence-corrected chi connectivity index (χ0v) is 36.3. The van der Waals surface area contributed by atoms with Crippen LogP contribution < -0.4 is 39.4 Å². The molecule has 5 aromatic carbocycles. The molecule has 0 saturated heterocycles. The van der Waals surface area contributed by atoms with Crippen molar-refractivity contribution in [3.63, 3.8) is 0 Å². The first-order valence-corrected chi connectivity index (χ1v) is 22.0. The fraction of sp³-hybridized carbons (Fsp3) is 0.306. The first-order chi connectivity index (χ1) is 30.0. The summed E-state index contributed by atoms with van der Waals surface area (Å²) in [6.07, 6.45) is 6.42. The lowest BCUT2D eigenvalue weighted by Gasteiger charge is -2.22. The number of para-hydroxylation sites is 2. The maximum absolute atomic E-state index is 14.0. The van der Waals surface area contributed by atoms with Crippen LogP contribution in [-0.2, 0) is 30.8 Å². The lowest BCUT2D eigenvalue weighted by atomic mass is 10.1. The Kier molecular flexibility index (Phi) is 11.1. The number of hydrogen-bond acceptors (Lipinski definition) is 10. The number of thioether (sulfide) groups is 1. The molecule has 2 N–H and O–H groups in total. The Morgan fingerprint density at radius 3 is 2.08 bits per heavy atom.